The Morgan fingerprint density at radius 3 is 2.29 bits per heavy atom. The van der Waals surface area contributed by atoms with Gasteiger partial charge in [-0.1, -0.05) is 76.3 Å². The molecule has 0 amide bonds. The van der Waals surface area contributed by atoms with Crippen molar-refractivity contribution in [2.24, 2.45) is 0 Å². The molecular weight excluding hydrogens is 254 g/mol. The molecule has 114 valence electrons. The molecule has 1 nitrogen and oxygen atoms in total. The van der Waals surface area contributed by atoms with Gasteiger partial charge >= 0.3 is 0 Å². The summed E-state index contributed by atoms with van der Waals surface area (Å²) in [7, 11) is 2.09. The van der Waals surface area contributed by atoms with Crippen molar-refractivity contribution in [2.75, 3.05) is 11.9 Å². The second-order valence-electron chi connectivity index (χ2n) is 3.95. The van der Waals surface area contributed by atoms with Crippen molar-refractivity contribution in [3.63, 3.8) is 0 Å². The second-order valence-corrected chi connectivity index (χ2v) is 3.95. The molecule has 0 unspecified atom stereocenters. The predicted octanol–water partition coefficient (Wildman–Crippen LogP) is 6.22. The summed E-state index contributed by atoms with van der Waals surface area (Å²) in [6, 6.07) is 8.41. The molecule has 21 heavy (non-hydrogen) atoms. The maximum absolute atomic E-state index is 2.20. The fourth-order valence-corrected chi connectivity index (χ4v) is 1.87. The first-order valence-electron chi connectivity index (χ1n) is 7.83. The molecule has 0 spiro atoms. The summed E-state index contributed by atoms with van der Waals surface area (Å²) < 4.78 is 0. The largest absolute Gasteiger partial charge is 0.344 e. The predicted molar refractivity (Wildman–Crippen MR) is 98.6 cm³/mol. The molecule has 1 aromatic carbocycles. The van der Waals surface area contributed by atoms with Crippen LogP contribution >= 0.6 is 0 Å². The van der Waals surface area contributed by atoms with Crippen LogP contribution in [0.15, 0.2) is 66.4 Å². The number of hydrogen-bond donors (Lipinski definition) is 0. The summed E-state index contributed by atoms with van der Waals surface area (Å²) in [5, 5.41) is 0. The smallest absolute Gasteiger partial charge is 0.0481 e. The van der Waals surface area contributed by atoms with Crippen LogP contribution in [0, 0.1) is 0 Å². The van der Waals surface area contributed by atoms with Gasteiger partial charge in [0.15, 0.2) is 0 Å². The molecule has 1 heterocycles. The second kappa shape index (κ2) is 11.8. The molecule has 1 aliphatic rings. The average Bonchev–Trinajstić information content (AvgIpc) is 2.72. The highest BCUT2D eigenvalue weighted by Gasteiger charge is 2.09. The molecule has 0 N–H and O–H groups in total. The zero-order chi connectivity index (χ0) is 16.1. The van der Waals surface area contributed by atoms with Crippen LogP contribution in [0.25, 0.3) is 6.08 Å². The number of rotatable bonds is 2. The summed E-state index contributed by atoms with van der Waals surface area (Å²) in [5.41, 5.74) is 3.67. The molecule has 2 rings (SSSR count). The van der Waals surface area contributed by atoms with Crippen molar-refractivity contribution < 1.29 is 0 Å². The first kappa shape index (κ1) is 19.0. The van der Waals surface area contributed by atoms with Gasteiger partial charge in [0.25, 0.3) is 0 Å². The Balaban J connectivity index is 0.000000921. The maximum atomic E-state index is 2.20. The lowest BCUT2D eigenvalue weighted by atomic mass is 10.1. The number of hydrogen-bond acceptors (Lipinski definition) is 1. The van der Waals surface area contributed by atoms with E-state index in [-0.39, 0.29) is 0 Å². The van der Waals surface area contributed by atoms with Crippen LogP contribution in [0.4, 0.5) is 5.69 Å². The molecule has 0 saturated heterocycles. The Bertz CT molecular complexity index is 504. The zero-order valence-corrected chi connectivity index (χ0v) is 14.3. The number of para-hydroxylation sites is 1. The molecule has 0 aromatic heterocycles. The van der Waals surface area contributed by atoms with E-state index in [1.807, 2.05) is 46.8 Å². The van der Waals surface area contributed by atoms with Gasteiger partial charge in [0.05, 0.1) is 0 Å². The van der Waals surface area contributed by atoms with Crippen LogP contribution in [0.5, 0.6) is 0 Å². The van der Waals surface area contributed by atoms with Crippen LogP contribution in [-0.2, 0) is 0 Å². The van der Waals surface area contributed by atoms with Gasteiger partial charge in [-0.15, -0.1) is 0 Å². The summed E-state index contributed by atoms with van der Waals surface area (Å²) in [4.78, 5) is 2.20. The van der Waals surface area contributed by atoms with E-state index in [4.69, 9.17) is 0 Å². The highest BCUT2D eigenvalue weighted by molar-refractivity contribution is 5.73. The van der Waals surface area contributed by atoms with Crippen molar-refractivity contribution in [3.8, 4) is 0 Å². The number of anilines is 1. The molecule has 1 aliphatic heterocycles. The number of likely N-dealkylation sites (N-methyl/N-ethyl adjacent to an activating group) is 1. The van der Waals surface area contributed by atoms with E-state index >= 15 is 0 Å². The van der Waals surface area contributed by atoms with E-state index < -0.39 is 0 Å². The lowest BCUT2D eigenvalue weighted by molar-refractivity contribution is 1.14. The third-order valence-electron chi connectivity index (χ3n) is 2.80. The van der Waals surface area contributed by atoms with Crippen molar-refractivity contribution in [1.29, 1.82) is 0 Å². The van der Waals surface area contributed by atoms with Gasteiger partial charge in [-0.25, -0.2) is 0 Å². The van der Waals surface area contributed by atoms with Gasteiger partial charge in [-0.2, -0.15) is 0 Å². The minimum Gasteiger partial charge on any atom is -0.344 e. The van der Waals surface area contributed by atoms with Crippen LogP contribution < -0.4 is 4.90 Å². The van der Waals surface area contributed by atoms with Crippen LogP contribution in [0.2, 0.25) is 0 Å². The van der Waals surface area contributed by atoms with E-state index in [0.29, 0.717) is 0 Å². The van der Waals surface area contributed by atoms with Crippen molar-refractivity contribution in [2.45, 2.75) is 34.6 Å². The summed E-state index contributed by atoms with van der Waals surface area (Å²) >= 11 is 0. The molecule has 1 aromatic rings. The minimum absolute atomic E-state index is 1.18. The lowest BCUT2D eigenvalue weighted by Crippen LogP contribution is -2.15. The van der Waals surface area contributed by atoms with E-state index in [1.165, 1.54) is 16.9 Å². The van der Waals surface area contributed by atoms with Gasteiger partial charge in [-0.3, -0.25) is 0 Å². The van der Waals surface area contributed by atoms with E-state index in [1.54, 1.807) is 0 Å². The fourth-order valence-electron chi connectivity index (χ4n) is 1.87. The van der Waals surface area contributed by atoms with Gasteiger partial charge in [-0.05, 0) is 30.7 Å². The molecular formula is C20H29N. The van der Waals surface area contributed by atoms with E-state index in [0.717, 1.165) is 0 Å². The molecule has 0 bridgehead atoms. The third-order valence-corrected chi connectivity index (χ3v) is 2.80. The Labute approximate surface area is 131 Å². The number of benzene rings is 1. The van der Waals surface area contributed by atoms with Crippen LogP contribution in [0.1, 0.15) is 40.2 Å². The summed E-state index contributed by atoms with van der Waals surface area (Å²) in [6.07, 6.45) is 14.6. The molecule has 0 fully saturated rings. The molecule has 0 atom stereocenters. The first-order valence-corrected chi connectivity index (χ1v) is 7.83. The first-order chi connectivity index (χ1) is 10.3. The zero-order valence-electron chi connectivity index (χ0n) is 14.3. The van der Waals surface area contributed by atoms with Gasteiger partial charge < -0.3 is 4.90 Å². The third kappa shape index (κ3) is 5.86. The Morgan fingerprint density at radius 1 is 0.952 bits per heavy atom. The topological polar surface area (TPSA) is 3.24 Å². The van der Waals surface area contributed by atoms with Crippen LogP contribution in [0.3, 0.4) is 0 Å². The molecule has 1 heteroatoms. The fraction of sp³-hybridized carbons (Fsp3) is 0.300. The van der Waals surface area contributed by atoms with Gasteiger partial charge in [0.1, 0.15) is 0 Å². The SMILES string of the molecule is C/C=C\C=C/C1=CC=Cc2ccccc2N1C.CC.CC. The quantitative estimate of drug-likeness (QED) is 0.582. The van der Waals surface area contributed by atoms with Crippen molar-refractivity contribution in [1.82, 2.24) is 0 Å². The average molecular weight is 283 g/mol. The number of fused-ring (bicyclic) bond motifs is 1. The van der Waals surface area contributed by atoms with Crippen molar-refractivity contribution >= 4 is 11.8 Å². The summed E-state index contributed by atoms with van der Waals surface area (Å²) in [6.45, 7) is 10.0. The van der Waals surface area contributed by atoms with Crippen molar-refractivity contribution in [3.05, 3.63) is 72.0 Å². The normalized spacial score (nSPS) is 12.9. The summed E-state index contributed by atoms with van der Waals surface area (Å²) in [5.74, 6) is 0. The minimum atomic E-state index is 1.18. The Kier molecular flexibility index (Phi) is 10.6. The van der Waals surface area contributed by atoms with Crippen LogP contribution in [-0.4, -0.2) is 7.05 Å². The highest BCUT2D eigenvalue weighted by Crippen LogP contribution is 2.26. The lowest BCUT2D eigenvalue weighted by Gasteiger charge is -2.21. The van der Waals surface area contributed by atoms with Gasteiger partial charge in [0.2, 0.25) is 0 Å². The molecule has 0 radical (unpaired) electrons. The maximum Gasteiger partial charge on any atom is 0.0481 e. The van der Waals surface area contributed by atoms with E-state index in [9.17, 15) is 0 Å². The molecule has 0 aliphatic carbocycles. The Morgan fingerprint density at radius 2 is 1.62 bits per heavy atom. The number of nitrogens with zero attached hydrogens (tertiary/aromatic N) is 1. The Hall–Kier alpha value is -2.02. The standard InChI is InChI=1S/C16H17N.2C2H6/c1-3-4-5-11-15-12-8-10-14-9-6-7-13-16(14)17(15)2;2*1-2/h3-13H,1-2H3;2*1-2H3/b4-3-,11-5-;;. The molecule has 0 saturated carbocycles. The number of allylic oxidation sites excluding steroid dienone is 6. The highest BCUT2D eigenvalue weighted by atomic mass is 15.1. The monoisotopic (exact) mass is 283 g/mol. The van der Waals surface area contributed by atoms with E-state index in [2.05, 4.69) is 66.6 Å². The van der Waals surface area contributed by atoms with Gasteiger partial charge in [0, 0.05) is 18.4 Å².